The Kier molecular flexibility index (Phi) is 5.11. The minimum absolute atomic E-state index is 0.106. The molecular formula is C17H26ClN3O2. The molecule has 0 radical (unpaired) electrons. The highest BCUT2D eigenvalue weighted by molar-refractivity contribution is 6.30. The lowest BCUT2D eigenvalue weighted by Gasteiger charge is -2.54. The molecule has 3 N–H and O–H groups in total. The van der Waals surface area contributed by atoms with Crippen molar-refractivity contribution in [2.45, 2.75) is 57.7 Å². The highest BCUT2D eigenvalue weighted by atomic mass is 35.5. The van der Waals surface area contributed by atoms with Crippen LogP contribution < -0.4 is 15.8 Å². The van der Waals surface area contributed by atoms with E-state index in [1.807, 2.05) is 32.6 Å². The van der Waals surface area contributed by atoms with Crippen molar-refractivity contribution < 1.29 is 9.53 Å². The van der Waals surface area contributed by atoms with Gasteiger partial charge in [-0.3, -0.25) is 0 Å². The monoisotopic (exact) mass is 339 g/mol. The fourth-order valence-electron chi connectivity index (χ4n) is 3.70. The summed E-state index contributed by atoms with van der Waals surface area (Å²) in [5, 5.41) is 3.48. The zero-order valence-electron chi connectivity index (χ0n) is 14.2. The normalized spacial score (nSPS) is 20.2. The first-order chi connectivity index (χ1) is 10.6. The summed E-state index contributed by atoms with van der Waals surface area (Å²) in [5.41, 5.74) is 5.54. The van der Waals surface area contributed by atoms with Crippen molar-refractivity contribution in [2.75, 3.05) is 6.73 Å². The lowest BCUT2D eigenvalue weighted by molar-refractivity contribution is 0.00145. The van der Waals surface area contributed by atoms with Crippen LogP contribution in [0.15, 0.2) is 24.3 Å². The summed E-state index contributed by atoms with van der Waals surface area (Å²) in [4.78, 5) is 14.5. The van der Waals surface area contributed by atoms with Gasteiger partial charge in [0, 0.05) is 22.1 Å². The molecule has 23 heavy (non-hydrogen) atoms. The summed E-state index contributed by atoms with van der Waals surface area (Å²) in [5.74, 6) is 0.661. The molecule has 5 nitrogen and oxygen atoms in total. The Balaban J connectivity index is 1.97. The third kappa shape index (κ3) is 4.30. The molecule has 0 atom stereocenters. The zero-order valence-corrected chi connectivity index (χ0v) is 15.0. The number of carbonyl (C=O) groups is 1. The molecule has 128 valence electrons. The molecule has 6 heteroatoms. The molecule has 1 aliphatic heterocycles. The Hall–Kier alpha value is -1.46. The molecule has 1 aromatic rings. The van der Waals surface area contributed by atoms with Gasteiger partial charge in [-0.15, -0.1) is 0 Å². The van der Waals surface area contributed by atoms with Gasteiger partial charge in [0.05, 0.1) is 0 Å². The lowest BCUT2D eigenvalue weighted by atomic mass is 9.77. The van der Waals surface area contributed by atoms with Crippen LogP contribution in [0.1, 0.15) is 40.5 Å². The number of piperidine rings is 1. The van der Waals surface area contributed by atoms with Gasteiger partial charge in [-0.05, 0) is 64.8 Å². The number of benzene rings is 1. The maximum Gasteiger partial charge on any atom is 0.320 e. The number of amides is 2. The SMILES string of the molecule is CC1(C)CC(N)CC(C)(C)N1C(=O)NCOc1ccc(Cl)cc1. The van der Waals surface area contributed by atoms with Crippen LogP contribution in [-0.4, -0.2) is 34.8 Å². The molecular weight excluding hydrogens is 314 g/mol. The van der Waals surface area contributed by atoms with Gasteiger partial charge in [-0.2, -0.15) is 0 Å². The largest absolute Gasteiger partial charge is 0.473 e. The van der Waals surface area contributed by atoms with Crippen LogP contribution >= 0.6 is 11.6 Å². The standard InChI is InChI=1S/C17H26ClN3O2/c1-16(2)9-13(19)10-17(3,4)21(16)15(22)20-11-23-14-7-5-12(18)6-8-14/h5-8,13H,9-11,19H2,1-4H3,(H,20,22). The number of likely N-dealkylation sites (tertiary alicyclic amines) is 1. The summed E-state index contributed by atoms with van der Waals surface area (Å²) < 4.78 is 5.54. The Bertz CT molecular complexity index is 539. The fraction of sp³-hybridized carbons (Fsp3) is 0.588. The molecule has 1 heterocycles. The number of nitrogens with two attached hydrogens (primary N) is 1. The number of nitrogens with zero attached hydrogens (tertiary/aromatic N) is 1. The van der Waals surface area contributed by atoms with Gasteiger partial charge in [0.2, 0.25) is 0 Å². The average Bonchev–Trinajstić information content (AvgIpc) is 2.37. The van der Waals surface area contributed by atoms with E-state index in [-0.39, 0.29) is 29.9 Å². The Labute approximate surface area is 143 Å². The van der Waals surface area contributed by atoms with Gasteiger partial charge >= 0.3 is 6.03 Å². The minimum atomic E-state index is -0.300. The molecule has 1 aliphatic rings. The van der Waals surface area contributed by atoms with E-state index in [4.69, 9.17) is 22.1 Å². The molecule has 0 bridgehead atoms. The summed E-state index contributed by atoms with van der Waals surface area (Å²) >= 11 is 5.83. The number of urea groups is 1. The molecule has 0 aromatic heterocycles. The van der Waals surface area contributed by atoms with E-state index in [0.717, 1.165) is 12.8 Å². The van der Waals surface area contributed by atoms with Crippen LogP contribution in [0.2, 0.25) is 5.02 Å². The van der Waals surface area contributed by atoms with Gasteiger partial charge in [0.25, 0.3) is 0 Å². The van der Waals surface area contributed by atoms with Crippen LogP contribution in [0, 0.1) is 0 Å². The summed E-state index contributed by atoms with van der Waals surface area (Å²) in [6.45, 7) is 8.30. The van der Waals surface area contributed by atoms with Crippen LogP contribution in [0.25, 0.3) is 0 Å². The average molecular weight is 340 g/mol. The summed E-state index contributed by atoms with van der Waals surface area (Å²) in [6.07, 6.45) is 1.56. The third-order valence-corrected chi connectivity index (χ3v) is 4.47. The molecule has 1 saturated heterocycles. The quantitative estimate of drug-likeness (QED) is 0.830. The zero-order chi connectivity index (χ0) is 17.3. The van der Waals surface area contributed by atoms with E-state index in [0.29, 0.717) is 10.8 Å². The van der Waals surface area contributed by atoms with Gasteiger partial charge in [-0.1, -0.05) is 11.6 Å². The van der Waals surface area contributed by atoms with Crippen LogP contribution in [0.3, 0.4) is 0 Å². The van der Waals surface area contributed by atoms with Crippen molar-refractivity contribution in [1.29, 1.82) is 0 Å². The Morgan fingerprint density at radius 2 is 1.78 bits per heavy atom. The predicted octanol–water partition coefficient (Wildman–Crippen LogP) is 3.37. The second-order valence-electron chi connectivity index (χ2n) is 7.35. The topological polar surface area (TPSA) is 67.6 Å². The summed E-state index contributed by atoms with van der Waals surface area (Å²) in [6, 6.07) is 6.99. The Morgan fingerprint density at radius 1 is 1.26 bits per heavy atom. The van der Waals surface area contributed by atoms with Crippen molar-refractivity contribution in [3.63, 3.8) is 0 Å². The smallest absolute Gasteiger partial charge is 0.320 e. The Morgan fingerprint density at radius 3 is 2.30 bits per heavy atom. The molecule has 2 rings (SSSR count). The lowest BCUT2D eigenvalue weighted by Crippen LogP contribution is -2.67. The predicted molar refractivity (Wildman–Crippen MR) is 92.7 cm³/mol. The molecule has 2 amide bonds. The second kappa shape index (κ2) is 6.57. The number of nitrogens with one attached hydrogen (secondary N) is 1. The highest BCUT2D eigenvalue weighted by Gasteiger charge is 2.46. The molecule has 1 fully saturated rings. The first kappa shape index (κ1) is 17.9. The van der Waals surface area contributed by atoms with Crippen molar-refractivity contribution in [3.8, 4) is 5.75 Å². The summed E-state index contributed by atoms with van der Waals surface area (Å²) in [7, 11) is 0. The van der Waals surface area contributed by atoms with Crippen LogP contribution in [0.4, 0.5) is 4.79 Å². The fourth-order valence-corrected chi connectivity index (χ4v) is 3.82. The number of carbonyl (C=O) groups excluding carboxylic acids is 1. The van der Waals surface area contributed by atoms with Crippen molar-refractivity contribution >= 4 is 17.6 Å². The molecule has 0 saturated carbocycles. The van der Waals surface area contributed by atoms with Gasteiger partial charge in [-0.25, -0.2) is 4.79 Å². The van der Waals surface area contributed by atoms with Crippen molar-refractivity contribution in [1.82, 2.24) is 10.2 Å². The van der Waals surface area contributed by atoms with E-state index in [9.17, 15) is 4.79 Å². The van der Waals surface area contributed by atoms with Gasteiger partial charge in [0.1, 0.15) is 5.75 Å². The first-order valence-corrected chi connectivity index (χ1v) is 8.22. The van der Waals surface area contributed by atoms with Crippen LogP contribution in [-0.2, 0) is 0 Å². The third-order valence-electron chi connectivity index (χ3n) is 4.21. The van der Waals surface area contributed by atoms with Crippen molar-refractivity contribution in [2.24, 2.45) is 5.73 Å². The van der Waals surface area contributed by atoms with Gasteiger partial charge < -0.3 is 20.7 Å². The number of hydrogen-bond acceptors (Lipinski definition) is 3. The highest BCUT2D eigenvalue weighted by Crippen LogP contribution is 2.37. The van der Waals surface area contributed by atoms with E-state index in [1.165, 1.54) is 0 Å². The molecule has 0 unspecified atom stereocenters. The molecule has 0 aliphatic carbocycles. The van der Waals surface area contributed by atoms with E-state index in [1.54, 1.807) is 24.3 Å². The molecule has 1 aromatic carbocycles. The van der Waals surface area contributed by atoms with Gasteiger partial charge in [0.15, 0.2) is 6.73 Å². The number of halogens is 1. The number of hydrogen-bond donors (Lipinski definition) is 2. The van der Waals surface area contributed by atoms with Crippen molar-refractivity contribution in [3.05, 3.63) is 29.3 Å². The maximum absolute atomic E-state index is 12.7. The van der Waals surface area contributed by atoms with Crippen LogP contribution in [0.5, 0.6) is 5.75 Å². The minimum Gasteiger partial charge on any atom is -0.473 e. The van der Waals surface area contributed by atoms with E-state index >= 15 is 0 Å². The first-order valence-electron chi connectivity index (χ1n) is 7.84. The van der Waals surface area contributed by atoms with E-state index < -0.39 is 0 Å². The molecule has 0 spiro atoms. The van der Waals surface area contributed by atoms with E-state index in [2.05, 4.69) is 5.32 Å². The number of rotatable bonds is 3. The maximum atomic E-state index is 12.7. The second-order valence-corrected chi connectivity index (χ2v) is 7.79. The number of ether oxygens (including phenoxy) is 1.